The van der Waals surface area contributed by atoms with E-state index >= 15 is 0 Å². The van der Waals surface area contributed by atoms with Crippen molar-refractivity contribution < 1.29 is 13.2 Å². The second-order valence-corrected chi connectivity index (χ2v) is 4.72. The molecule has 0 unspecified atom stereocenters. The molecule has 2 nitrogen and oxygen atoms in total. The van der Waals surface area contributed by atoms with Crippen molar-refractivity contribution in [1.29, 1.82) is 0 Å². The fourth-order valence-corrected chi connectivity index (χ4v) is 1.91. The highest BCUT2D eigenvalue weighted by molar-refractivity contribution is 9.10. The summed E-state index contributed by atoms with van der Waals surface area (Å²) in [6.07, 6.45) is -2.71. The number of anilines is 1. The molecule has 100 valence electrons. The van der Waals surface area contributed by atoms with Gasteiger partial charge in [0.2, 0.25) is 0 Å². The number of alkyl halides is 3. The lowest BCUT2D eigenvalue weighted by Crippen LogP contribution is -2.07. The molecule has 19 heavy (non-hydrogen) atoms. The van der Waals surface area contributed by atoms with E-state index in [1.165, 1.54) is 6.07 Å². The predicted molar refractivity (Wildman–Crippen MR) is 70.7 cm³/mol. The minimum atomic E-state index is -4.35. The number of nitrogens with one attached hydrogen (secondary N) is 1. The number of nitrogens with zero attached hydrogens (tertiary/aromatic N) is 1. The smallest absolute Gasteiger partial charge is 0.378 e. The standard InChI is InChI=1S/C13H10BrF3N2/c14-11-5-4-9(13(15,16)17)7-12(11)19-8-10-3-1-2-6-18-10/h1-7,19H,8H2. The third kappa shape index (κ3) is 3.70. The van der Waals surface area contributed by atoms with Crippen LogP contribution in [-0.4, -0.2) is 4.98 Å². The molecule has 1 aromatic heterocycles. The van der Waals surface area contributed by atoms with Gasteiger partial charge in [-0.2, -0.15) is 13.2 Å². The van der Waals surface area contributed by atoms with E-state index in [0.717, 1.165) is 17.8 Å². The molecule has 1 heterocycles. The number of aromatic nitrogens is 1. The summed E-state index contributed by atoms with van der Waals surface area (Å²) < 4.78 is 38.4. The summed E-state index contributed by atoms with van der Waals surface area (Å²) in [5.41, 5.74) is 0.464. The number of halogens is 4. The average Bonchev–Trinajstić information content (AvgIpc) is 2.37. The van der Waals surface area contributed by atoms with Gasteiger partial charge >= 0.3 is 6.18 Å². The average molecular weight is 331 g/mol. The van der Waals surface area contributed by atoms with Gasteiger partial charge in [-0.3, -0.25) is 4.98 Å². The van der Waals surface area contributed by atoms with E-state index in [4.69, 9.17) is 0 Å². The van der Waals surface area contributed by atoms with Crippen molar-refractivity contribution in [2.24, 2.45) is 0 Å². The Bertz CT molecular complexity index is 556. The summed E-state index contributed by atoms with van der Waals surface area (Å²) in [5, 5.41) is 2.93. The van der Waals surface area contributed by atoms with Gasteiger partial charge in [0.15, 0.2) is 0 Å². The summed E-state index contributed by atoms with van der Waals surface area (Å²) in [6.45, 7) is 0.362. The summed E-state index contributed by atoms with van der Waals surface area (Å²) in [4.78, 5) is 4.09. The van der Waals surface area contributed by atoms with Gasteiger partial charge in [0.05, 0.1) is 17.8 Å². The van der Waals surface area contributed by atoms with Crippen LogP contribution in [0.5, 0.6) is 0 Å². The van der Waals surface area contributed by atoms with E-state index in [-0.39, 0.29) is 0 Å². The van der Waals surface area contributed by atoms with E-state index in [1.54, 1.807) is 18.3 Å². The first-order valence-corrected chi connectivity index (χ1v) is 6.26. The quantitative estimate of drug-likeness (QED) is 0.897. The molecule has 0 aliphatic heterocycles. The maximum absolute atomic E-state index is 12.6. The lowest BCUT2D eigenvalue weighted by molar-refractivity contribution is -0.137. The van der Waals surface area contributed by atoms with Crippen LogP contribution in [0.15, 0.2) is 47.1 Å². The summed E-state index contributed by atoms with van der Waals surface area (Å²) in [7, 11) is 0. The van der Waals surface area contributed by atoms with Gasteiger partial charge in [0.25, 0.3) is 0 Å². The molecule has 2 rings (SSSR count). The first kappa shape index (κ1) is 13.9. The molecule has 0 amide bonds. The Hall–Kier alpha value is -1.56. The van der Waals surface area contributed by atoms with Crippen LogP contribution in [0.2, 0.25) is 0 Å². The zero-order valence-corrected chi connectivity index (χ0v) is 11.3. The van der Waals surface area contributed by atoms with Gasteiger partial charge in [0.1, 0.15) is 0 Å². The van der Waals surface area contributed by atoms with Gasteiger partial charge in [-0.1, -0.05) is 6.07 Å². The first-order chi connectivity index (χ1) is 8.97. The largest absolute Gasteiger partial charge is 0.416 e. The molecule has 0 radical (unpaired) electrons. The number of pyridine rings is 1. The van der Waals surface area contributed by atoms with Crippen molar-refractivity contribution in [3.63, 3.8) is 0 Å². The Morgan fingerprint density at radius 3 is 2.58 bits per heavy atom. The summed E-state index contributed by atoms with van der Waals surface area (Å²) in [6, 6.07) is 8.90. The van der Waals surface area contributed by atoms with E-state index in [2.05, 4.69) is 26.2 Å². The zero-order chi connectivity index (χ0) is 13.9. The van der Waals surface area contributed by atoms with Crippen LogP contribution in [0, 0.1) is 0 Å². The van der Waals surface area contributed by atoms with E-state index in [9.17, 15) is 13.2 Å². The molecule has 0 aliphatic carbocycles. The van der Waals surface area contributed by atoms with E-state index < -0.39 is 11.7 Å². The van der Waals surface area contributed by atoms with Crippen LogP contribution in [0.3, 0.4) is 0 Å². The van der Waals surface area contributed by atoms with Crippen LogP contribution in [-0.2, 0) is 12.7 Å². The molecule has 1 N–H and O–H groups in total. The van der Waals surface area contributed by atoms with Crippen molar-refractivity contribution in [2.45, 2.75) is 12.7 Å². The molecular formula is C13H10BrF3N2. The summed E-state index contributed by atoms with van der Waals surface area (Å²) in [5.74, 6) is 0. The first-order valence-electron chi connectivity index (χ1n) is 5.47. The van der Waals surface area contributed by atoms with Crippen LogP contribution in [0.4, 0.5) is 18.9 Å². The maximum atomic E-state index is 12.6. The van der Waals surface area contributed by atoms with Gasteiger partial charge in [-0.15, -0.1) is 0 Å². The predicted octanol–water partition coefficient (Wildman–Crippen LogP) is 4.48. The molecule has 1 aromatic carbocycles. The fourth-order valence-electron chi connectivity index (χ4n) is 1.53. The van der Waals surface area contributed by atoms with E-state index in [0.29, 0.717) is 16.7 Å². The van der Waals surface area contributed by atoms with Gasteiger partial charge in [0, 0.05) is 16.4 Å². The number of rotatable bonds is 3. The highest BCUT2D eigenvalue weighted by Crippen LogP contribution is 2.34. The van der Waals surface area contributed by atoms with Crippen molar-refractivity contribution in [1.82, 2.24) is 4.98 Å². The van der Waals surface area contributed by atoms with Crippen LogP contribution in [0.1, 0.15) is 11.3 Å². The Morgan fingerprint density at radius 1 is 1.16 bits per heavy atom. The molecule has 6 heteroatoms. The minimum absolute atomic E-state index is 0.362. The van der Waals surface area contributed by atoms with Gasteiger partial charge in [-0.25, -0.2) is 0 Å². The normalized spacial score (nSPS) is 11.4. The topological polar surface area (TPSA) is 24.9 Å². The Labute approximate surface area is 116 Å². The molecule has 0 fully saturated rings. The van der Waals surface area contributed by atoms with Crippen LogP contribution >= 0.6 is 15.9 Å². The maximum Gasteiger partial charge on any atom is 0.416 e. The van der Waals surface area contributed by atoms with E-state index in [1.807, 2.05) is 6.07 Å². The van der Waals surface area contributed by atoms with Crippen molar-refractivity contribution >= 4 is 21.6 Å². The van der Waals surface area contributed by atoms with Crippen molar-refractivity contribution in [2.75, 3.05) is 5.32 Å². The number of hydrogen-bond acceptors (Lipinski definition) is 2. The lowest BCUT2D eigenvalue weighted by atomic mass is 10.2. The molecule has 2 aromatic rings. The highest BCUT2D eigenvalue weighted by Gasteiger charge is 2.30. The number of benzene rings is 1. The molecule has 0 saturated carbocycles. The monoisotopic (exact) mass is 330 g/mol. The Kier molecular flexibility index (Phi) is 4.09. The van der Waals surface area contributed by atoms with Crippen molar-refractivity contribution in [3.8, 4) is 0 Å². The Morgan fingerprint density at radius 2 is 1.95 bits per heavy atom. The van der Waals surface area contributed by atoms with Gasteiger partial charge < -0.3 is 5.32 Å². The molecule has 0 saturated heterocycles. The van der Waals surface area contributed by atoms with Crippen LogP contribution < -0.4 is 5.32 Å². The summed E-state index contributed by atoms with van der Waals surface area (Å²) >= 11 is 3.22. The fraction of sp³-hybridized carbons (Fsp3) is 0.154. The molecule has 0 bridgehead atoms. The molecule has 0 atom stereocenters. The second kappa shape index (κ2) is 5.61. The molecule has 0 aliphatic rings. The lowest BCUT2D eigenvalue weighted by Gasteiger charge is -2.12. The third-order valence-electron chi connectivity index (χ3n) is 2.48. The minimum Gasteiger partial charge on any atom is -0.378 e. The van der Waals surface area contributed by atoms with Crippen LogP contribution in [0.25, 0.3) is 0 Å². The SMILES string of the molecule is FC(F)(F)c1ccc(Br)c(NCc2ccccn2)c1. The second-order valence-electron chi connectivity index (χ2n) is 3.87. The third-order valence-corrected chi connectivity index (χ3v) is 3.17. The molecular weight excluding hydrogens is 321 g/mol. The Balaban J connectivity index is 2.16. The highest BCUT2D eigenvalue weighted by atomic mass is 79.9. The van der Waals surface area contributed by atoms with Gasteiger partial charge in [-0.05, 0) is 46.3 Å². The van der Waals surface area contributed by atoms with Crippen molar-refractivity contribution in [3.05, 3.63) is 58.3 Å². The number of hydrogen-bond donors (Lipinski definition) is 1. The molecule has 0 spiro atoms. The zero-order valence-electron chi connectivity index (χ0n) is 9.71.